The molecular weight excluding hydrogens is 572 g/mol. The van der Waals surface area contributed by atoms with E-state index in [9.17, 15) is 9.59 Å². The van der Waals surface area contributed by atoms with E-state index in [2.05, 4.69) is 25.8 Å². The van der Waals surface area contributed by atoms with Crippen LogP contribution in [-0.4, -0.2) is 66.7 Å². The van der Waals surface area contributed by atoms with Gasteiger partial charge in [-0.2, -0.15) is 0 Å². The van der Waals surface area contributed by atoms with Crippen LogP contribution in [0.2, 0.25) is 0 Å². The van der Waals surface area contributed by atoms with Crippen LogP contribution < -0.4 is 14.8 Å². The van der Waals surface area contributed by atoms with Crippen LogP contribution in [0.4, 0.5) is 10.5 Å². The van der Waals surface area contributed by atoms with Gasteiger partial charge in [-0.15, -0.1) is 0 Å². The van der Waals surface area contributed by atoms with Crippen LogP contribution in [0, 0.1) is 6.92 Å². The Morgan fingerprint density at radius 2 is 1.45 bits per heavy atom. The fourth-order valence-corrected chi connectivity index (χ4v) is 5.22. The molecule has 1 aliphatic rings. The summed E-state index contributed by atoms with van der Waals surface area (Å²) in [5, 5.41) is 2.93. The second-order valence-corrected chi connectivity index (χ2v) is 10.4. The Bertz CT molecular complexity index is 1510. The molecule has 5 rings (SSSR count). The number of benzene rings is 3. The van der Waals surface area contributed by atoms with Gasteiger partial charge in [-0.05, 0) is 55.0 Å². The average Bonchev–Trinajstić information content (AvgIpc) is 3.34. The summed E-state index contributed by atoms with van der Waals surface area (Å²) in [5.41, 5.74) is 4.94. The number of carbonyl (C=O) groups excluding carboxylic acids is 2. The lowest BCUT2D eigenvalue weighted by atomic mass is 10.1. The molecular formula is C31H31BrN4O4. The lowest BCUT2D eigenvalue weighted by Gasteiger charge is -2.34. The number of ether oxygens (including phenoxy) is 2. The number of anilines is 1. The van der Waals surface area contributed by atoms with Crippen molar-refractivity contribution < 1.29 is 19.1 Å². The summed E-state index contributed by atoms with van der Waals surface area (Å²) in [6.07, 6.45) is 0. The second kappa shape index (κ2) is 11.9. The van der Waals surface area contributed by atoms with Crippen molar-refractivity contribution in [3.63, 3.8) is 0 Å². The summed E-state index contributed by atoms with van der Waals surface area (Å²) in [6.45, 7) is 3.77. The van der Waals surface area contributed by atoms with E-state index >= 15 is 0 Å². The minimum atomic E-state index is -0.170. The molecule has 4 aromatic rings. The number of methoxy groups -OCH3 is 2. The van der Waals surface area contributed by atoms with Crippen molar-refractivity contribution in [3.8, 4) is 28.4 Å². The van der Waals surface area contributed by atoms with Gasteiger partial charge in [0.25, 0.3) is 5.91 Å². The number of carbonyl (C=O) groups is 2. The normalized spacial score (nSPS) is 13.2. The van der Waals surface area contributed by atoms with E-state index in [1.54, 1.807) is 19.1 Å². The van der Waals surface area contributed by atoms with E-state index in [0.717, 1.165) is 32.8 Å². The van der Waals surface area contributed by atoms with E-state index in [4.69, 9.17) is 9.47 Å². The van der Waals surface area contributed by atoms with Gasteiger partial charge in [-0.3, -0.25) is 4.79 Å². The number of halogens is 1. The Kier molecular flexibility index (Phi) is 8.11. The quantitative estimate of drug-likeness (QED) is 0.284. The Morgan fingerprint density at radius 1 is 0.800 bits per heavy atom. The summed E-state index contributed by atoms with van der Waals surface area (Å²) in [7, 11) is 3.21. The largest absolute Gasteiger partial charge is 0.493 e. The van der Waals surface area contributed by atoms with Crippen molar-refractivity contribution in [2.45, 2.75) is 6.92 Å². The van der Waals surface area contributed by atoms with Crippen LogP contribution in [-0.2, 0) is 0 Å². The zero-order valence-electron chi connectivity index (χ0n) is 22.7. The third-order valence-electron chi connectivity index (χ3n) is 7.12. The molecule has 206 valence electrons. The molecule has 0 spiro atoms. The molecule has 1 saturated heterocycles. The van der Waals surface area contributed by atoms with Gasteiger partial charge in [0.15, 0.2) is 11.5 Å². The second-order valence-electron chi connectivity index (χ2n) is 9.49. The maximum atomic E-state index is 13.8. The van der Waals surface area contributed by atoms with Gasteiger partial charge >= 0.3 is 6.03 Å². The molecule has 3 amide bonds. The molecule has 1 aromatic heterocycles. The Morgan fingerprint density at radius 3 is 2.10 bits per heavy atom. The molecule has 0 atom stereocenters. The molecule has 0 bridgehead atoms. The number of hydrogen-bond donors (Lipinski definition) is 1. The number of rotatable bonds is 6. The molecule has 1 N–H and O–H groups in total. The first-order valence-corrected chi connectivity index (χ1v) is 13.8. The first kappa shape index (κ1) is 27.3. The summed E-state index contributed by atoms with van der Waals surface area (Å²) < 4.78 is 14.0. The molecule has 0 saturated carbocycles. The van der Waals surface area contributed by atoms with E-state index in [0.29, 0.717) is 43.2 Å². The molecule has 40 heavy (non-hydrogen) atoms. The number of aromatic nitrogens is 1. The highest BCUT2D eigenvalue weighted by atomic mass is 79.9. The zero-order chi connectivity index (χ0) is 28.2. The molecule has 3 aromatic carbocycles. The Labute approximate surface area is 242 Å². The van der Waals surface area contributed by atoms with Crippen molar-refractivity contribution in [3.05, 3.63) is 94.6 Å². The molecule has 0 radical (unpaired) electrons. The molecule has 8 nitrogen and oxygen atoms in total. The smallest absolute Gasteiger partial charge is 0.321 e. The first-order valence-electron chi connectivity index (χ1n) is 13.0. The number of amides is 3. The average molecular weight is 604 g/mol. The molecule has 2 heterocycles. The summed E-state index contributed by atoms with van der Waals surface area (Å²) in [6, 6.07) is 25.0. The lowest BCUT2D eigenvalue weighted by molar-refractivity contribution is 0.0671. The van der Waals surface area contributed by atoms with Gasteiger partial charge in [-0.1, -0.05) is 46.3 Å². The monoisotopic (exact) mass is 602 g/mol. The minimum Gasteiger partial charge on any atom is -0.493 e. The highest BCUT2D eigenvalue weighted by Crippen LogP contribution is 2.35. The highest BCUT2D eigenvalue weighted by Gasteiger charge is 2.28. The Balaban J connectivity index is 1.39. The molecule has 1 fully saturated rings. The van der Waals surface area contributed by atoms with Crippen LogP contribution in [0.3, 0.4) is 0 Å². The minimum absolute atomic E-state index is 0.0538. The van der Waals surface area contributed by atoms with E-state index in [1.807, 2.05) is 90.7 Å². The van der Waals surface area contributed by atoms with E-state index in [-0.39, 0.29) is 11.9 Å². The van der Waals surface area contributed by atoms with Gasteiger partial charge in [0.05, 0.1) is 25.5 Å². The summed E-state index contributed by atoms with van der Waals surface area (Å²) in [4.78, 5) is 30.2. The van der Waals surface area contributed by atoms with Gasteiger partial charge in [0.1, 0.15) is 0 Å². The van der Waals surface area contributed by atoms with Crippen LogP contribution in [0.15, 0.2) is 83.3 Å². The van der Waals surface area contributed by atoms with Crippen molar-refractivity contribution in [1.82, 2.24) is 14.4 Å². The van der Waals surface area contributed by atoms with Crippen molar-refractivity contribution in [2.75, 3.05) is 45.7 Å². The maximum absolute atomic E-state index is 13.8. The maximum Gasteiger partial charge on any atom is 0.321 e. The third kappa shape index (κ3) is 5.56. The predicted molar refractivity (Wildman–Crippen MR) is 160 cm³/mol. The topological polar surface area (TPSA) is 76.0 Å². The SMILES string of the molecule is COc1ccc(-n2c(-c3ccccc3)cc(C(=O)N3CCN(C(=O)Nc4ccc(Br)cc4)CC3)c2C)cc1OC. The van der Waals surface area contributed by atoms with Crippen molar-refractivity contribution >= 4 is 33.6 Å². The van der Waals surface area contributed by atoms with Crippen molar-refractivity contribution in [1.29, 1.82) is 0 Å². The van der Waals surface area contributed by atoms with Gasteiger partial charge in [0, 0.05) is 53.8 Å². The van der Waals surface area contributed by atoms with E-state index in [1.165, 1.54) is 0 Å². The fraction of sp³-hybridized carbons (Fsp3) is 0.226. The van der Waals surface area contributed by atoms with Crippen molar-refractivity contribution in [2.24, 2.45) is 0 Å². The zero-order valence-corrected chi connectivity index (χ0v) is 24.3. The fourth-order valence-electron chi connectivity index (χ4n) is 4.96. The molecule has 0 aliphatic carbocycles. The summed E-state index contributed by atoms with van der Waals surface area (Å²) in [5.74, 6) is 1.19. The number of urea groups is 1. The van der Waals surface area contributed by atoms with Crippen LogP contribution in [0.5, 0.6) is 11.5 Å². The van der Waals surface area contributed by atoms with Crippen LogP contribution >= 0.6 is 15.9 Å². The summed E-state index contributed by atoms with van der Waals surface area (Å²) >= 11 is 3.40. The standard InChI is InChI=1S/C31H31BrN4O4/c1-21-26(30(37)34-15-17-35(18-16-34)31(38)33-24-11-9-23(32)10-12-24)20-27(22-7-5-4-6-8-22)36(21)25-13-14-28(39-2)29(19-25)40-3/h4-14,19-20H,15-18H2,1-3H3,(H,33,38). The number of piperazine rings is 1. The van der Waals surface area contributed by atoms with Gasteiger partial charge in [0.2, 0.25) is 0 Å². The molecule has 0 unspecified atom stereocenters. The Hall–Kier alpha value is -4.24. The first-order chi connectivity index (χ1) is 19.4. The van der Waals surface area contributed by atoms with E-state index < -0.39 is 0 Å². The molecule has 9 heteroatoms. The van der Waals surface area contributed by atoms with Crippen LogP contribution in [0.1, 0.15) is 16.1 Å². The third-order valence-corrected chi connectivity index (χ3v) is 7.65. The lowest BCUT2D eigenvalue weighted by Crippen LogP contribution is -2.51. The number of nitrogens with one attached hydrogen (secondary N) is 1. The number of nitrogens with zero attached hydrogens (tertiary/aromatic N) is 3. The van der Waals surface area contributed by atoms with Crippen LogP contribution in [0.25, 0.3) is 16.9 Å². The van der Waals surface area contributed by atoms with Gasteiger partial charge in [-0.25, -0.2) is 4.79 Å². The predicted octanol–water partition coefficient (Wildman–Crippen LogP) is 6.22. The number of hydrogen-bond acceptors (Lipinski definition) is 4. The van der Waals surface area contributed by atoms with Gasteiger partial charge < -0.3 is 29.2 Å². The molecule has 1 aliphatic heterocycles. The highest BCUT2D eigenvalue weighted by molar-refractivity contribution is 9.10.